The van der Waals surface area contributed by atoms with Crippen LogP contribution in [0.15, 0.2) is 23.3 Å². The number of amides is 1. The molecule has 3 fully saturated rings. The average molecular weight is 440 g/mol. The Balaban J connectivity index is 1.20. The molecule has 0 aromatic carbocycles. The zero-order valence-corrected chi connectivity index (χ0v) is 18.4. The van der Waals surface area contributed by atoms with Crippen LogP contribution in [0.2, 0.25) is 0 Å². The molecule has 5 rings (SSSR count). The molecular formula is C22H29N7O3. The maximum atomic E-state index is 12.8. The van der Waals surface area contributed by atoms with E-state index in [1.54, 1.807) is 6.07 Å². The molecule has 3 aliphatic rings. The van der Waals surface area contributed by atoms with Crippen LogP contribution >= 0.6 is 0 Å². The number of carbonyl (C=O) groups excluding carboxylic acids is 1. The molecule has 32 heavy (non-hydrogen) atoms. The van der Waals surface area contributed by atoms with E-state index in [1.165, 1.54) is 10.9 Å². The van der Waals surface area contributed by atoms with Crippen molar-refractivity contribution >= 4 is 17.7 Å². The van der Waals surface area contributed by atoms with Gasteiger partial charge in [-0.2, -0.15) is 4.98 Å². The summed E-state index contributed by atoms with van der Waals surface area (Å²) in [5.41, 5.74) is 1.63. The van der Waals surface area contributed by atoms with Crippen LogP contribution in [-0.2, 0) is 16.1 Å². The summed E-state index contributed by atoms with van der Waals surface area (Å²) < 4.78 is 6.84. The molecule has 0 atom stereocenters. The number of piperazine rings is 1. The molecule has 0 radical (unpaired) electrons. The van der Waals surface area contributed by atoms with E-state index >= 15 is 0 Å². The Morgan fingerprint density at radius 1 is 1.03 bits per heavy atom. The number of morpholine rings is 1. The van der Waals surface area contributed by atoms with Gasteiger partial charge in [0.05, 0.1) is 25.2 Å². The first-order valence-corrected chi connectivity index (χ1v) is 11.3. The first-order valence-electron chi connectivity index (χ1n) is 11.3. The van der Waals surface area contributed by atoms with Crippen LogP contribution in [0.3, 0.4) is 0 Å². The van der Waals surface area contributed by atoms with Crippen molar-refractivity contribution in [2.45, 2.75) is 32.2 Å². The minimum absolute atomic E-state index is 0.0323. The van der Waals surface area contributed by atoms with E-state index < -0.39 is 0 Å². The van der Waals surface area contributed by atoms with Gasteiger partial charge in [-0.05, 0) is 19.8 Å². The quantitative estimate of drug-likeness (QED) is 0.661. The summed E-state index contributed by atoms with van der Waals surface area (Å²) in [6, 6.07) is 3.57. The van der Waals surface area contributed by atoms with Crippen molar-refractivity contribution in [2.75, 3.05) is 62.3 Å². The molecule has 2 aromatic rings. The third kappa shape index (κ3) is 4.59. The van der Waals surface area contributed by atoms with Gasteiger partial charge >= 0.3 is 0 Å². The van der Waals surface area contributed by atoms with Gasteiger partial charge in [-0.25, -0.2) is 9.97 Å². The van der Waals surface area contributed by atoms with Crippen LogP contribution in [0.4, 0.5) is 11.8 Å². The number of ether oxygens (including phenoxy) is 1. The van der Waals surface area contributed by atoms with E-state index in [9.17, 15) is 9.59 Å². The highest BCUT2D eigenvalue weighted by atomic mass is 16.5. The summed E-state index contributed by atoms with van der Waals surface area (Å²) >= 11 is 0. The second-order valence-corrected chi connectivity index (χ2v) is 8.69. The normalized spacial score (nSPS) is 19.3. The Morgan fingerprint density at radius 2 is 1.78 bits per heavy atom. The van der Waals surface area contributed by atoms with Gasteiger partial charge in [0.15, 0.2) is 0 Å². The molecule has 0 spiro atoms. The summed E-state index contributed by atoms with van der Waals surface area (Å²) in [7, 11) is 0. The molecule has 10 nitrogen and oxygen atoms in total. The topological polar surface area (TPSA) is 96.7 Å². The molecular weight excluding hydrogens is 410 g/mol. The maximum Gasteiger partial charge on any atom is 0.254 e. The average Bonchev–Trinajstić information content (AvgIpc) is 3.66. The van der Waals surface area contributed by atoms with E-state index in [2.05, 4.69) is 19.8 Å². The van der Waals surface area contributed by atoms with Gasteiger partial charge in [-0.1, -0.05) is 0 Å². The Morgan fingerprint density at radius 3 is 2.47 bits per heavy atom. The number of carbonyl (C=O) groups is 1. The zero-order valence-electron chi connectivity index (χ0n) is 18.4. The fourth-order valence-corrected chi connectivity index (χ4v) is 4.20. The van der Waals surface area contributed by atoms with E-state index in [0.717, 1.165) is 49.1 Å². The van der Waals surface area contributed by atoms with Gasteiger partial charge < -0.3 is 19.4 Å². The lowest BCUT2D eigenvalue weighted by Crippen LogP contribution is -2.50. The van der Waals surface area contributed by atoms with Crippen molar-refractivity contribution in [3.63, 3.8) is 0 Å². The van der Waals surface area contributed by atoms with Crippen LogP contribution in [0.5, 0.6) is 0 Å². The van der Waals surface area contributed by atoms with Crippen LogP contribution < -0.4 is 15.4 Å². The minimum atomic E-state index is -0.152. The van der Waals surface area contributed by atoms with Gasteiger partial charge in [-0.15, -0.1) is 0 Å². The van der Waals surface area contributed by atoms with E-state index in [4.69, 9.17) is 9.72 Å². The Hall–Kier alpha value is -3.01. The second-order valence-electron chi connectivity index (χ2n) is 8.69. The van der Waals surface area contributed by atoms with E-state index in [0.29, 0.717) is 45.3 Å². The SMILES string of the molecule is Cc1cc(N2CCN(C(=O)Cn3cnc(C4CC4)cc3=O)CC2)nc(N2CCOCC2)n1. The molecule has 170 valence electrons. The lowest BCUT2D eigenvalue weighted by molar-refractivity contribution is -0.132. The number of rotatable bonds is 5. The van der Waals surface area contributed by atoms with Crippen LogP contribution in [0.25, 0.3) is 0 Å². The molecule has 10 heteroatoms. The van der Waals surface area contributed by atoms with Crippen molar-refractivity contribution in [2.24, 2.45) is 0 Å². The summed E-state index contributed by atoms with van der Waals surface area (Å²) in [6.45, 7) is 7.55. The lowest BCUT2D eigenvalue weighted by Gasteiger charge is -2.36. The highest BCUT2D eigenvalue weighted by Gasteiger charge is 2.27. The zero-order chi connectivity index (χ0) is 22.1. The molecule has 2 aliphatic heterocycles. The van der Waals surface area contributed by atoms with Crippen LogP contribution in [0.1, 0.15) is 30.1 Å². The standard InChI is InChI=1S/C22H29N7O3/c1-16-12-19(25-22(24-16)28-8-10-32-11-9-28)26-4-6-27(7-5-26)21(31)14-29-15-23-18(13-20(29)30)17-2-3-17/h12-13,15,17H,2-11,14H2,1H3. The number of aryl methyl sites for hydroxylation is 1. The monoisotopic (exact) mass is 439 g/mol. The summed E-state index contributed by atoms with van der Waals surface area (Å²) in [5, 5.41) is 0. The Bertz CT molecular complexity index is 1040. The summed E-state index contributed by atoms with van der Waals surface area (Å²) in [6.07, 6.45) is 3.71. The second kappa shape index (κ2) is 8.85. The summed E-state index contributed by atoms with van der Waals surface area (Å²) in [4.78, 5) is 45.0. The molecule has 2 aromatic heterocycles. The highest BCUT2D eigenvalue weighted by Crippen LogP contribution is 2.38. The predicted octanol–water partition coefficient (Wildman–Crippen LogP) is 0.405. The molecule has 0 N–H and O–H groups in total. The van der Waals surface area contributed by atoms with Crippen molar-refractivity contribution in [1.82, 2.24) is 24.4 Å². The number of hydrogen-bond donors (Lipinski definition) is 0. The van der Waals surface area contributed by atoms with Crippen molar-refractivity contribution < 1.29 is 9.53 Å². The molecule has 0 unspecified atom stereocenters. The third-order valence-corrected chi connectivity index (χ3v) is 6.28. The largest absolute Gasteiger partial charge is 0.378 e. The van der Waals surface area contributed by atoms with Gasteiger partial charge in [0.1, 0.15) is 12.4 Å². The highest BCUT2D eigenvalue weighted by molar-refractivity contribution is 5.76. The lowest BCUT2D eigenvalue weighted by atomic mass is 10.2. The molecule has 1 amide bonds. The number of anilines is 2. The molecule has 2 saturated heterocycles. The van der Waals surface area contributed by atoms with E-state index in [1.807, 2.05) is 17.9 Å². The van der Waals surface area contributed by atoms with Crippen molar-refractivity contribution in [3.8, 4) is 0 Å². The van der Waals surface area contributed by atoms with Crippen LogP contribution in [0, 0.1) is 6.92 Å². The number of aromatic nitrogens is 4. The molecule has 4 heterocycles. The fraction of sp³-hybridized carbons (Fsp3) is 0.591. The van der Waals surface area contributed by atoms with Gasteiger partial charge in [0.2, 0.25) is 11.9 Å². The van der Waals surface area contributed by atoms with Crippen molar-refractivity contribution in [3.05, 3.63) is 40.2 Å². The van der Waals surface area contributed by atoms with Gasteiger partial charge in [0.25, 0.3) is 5.56 Å². The van der Waals surface area contributed by atoms with Gasteiger partial charge in [-0.3, -0.25) is 14.2 Å². The molecule has 1 aliphatic carbocycles. The first kappa shape index (κ1) is 20.9. The maximum absolute atomic E-state index is 12.8. The summed E-state index contributed by atoms with van der Waals surface area (Å²) in [5.74, 6) is 2.00. The fourth-order valence-electron chi connectivity index (χ4n) is 4.20. The molecule has 1 saturated carbocycles. The number of hydrogen-bond acceptors (Lipinski definition) is 8. The van der Waals surface area contributed by atoms with Crippen LogP contribution in [-0.4, -0.2) is 82.8 Å². The van der Waals surface area contributed by atoms with Gasteiger partial charge in [0, 0.05) is 63.0 Å². The predicted molar refractivity (Wildman–Crippen MR) is 119 cm³/mol. The Labute approximate surface area is 186 Å². The minimum Gasteiger partial charge on any atom is -0.378 e. The van der Waals surface area contributed by atoms with E-state index in [-0.39, 0.29) is 18.0 Å². The third-order valence-electron chi connectivity index (χ3n) is 6.28. The smallest absolute Gasteiger partial charge is 0.254 e. The first-order chi connectivity index (χ1) is 15.6. The molecule has 0 bridgehead atoms. The Kier molecular flexibility index (Phi) is 5.77. The number of nitrogens with zero attached hydrogens (tertiary/aromatic N) is 7. The van der Waals surface area contributed by atoms with Crippen molar-refractivity contribution in [1.29, 1.82) is 0 Å².